The number of amides is 1. The van der Waals surface area contributed by atoms with Gasteiger partial charge in [-0.1, -0.05) is 28.1 Å². The van der Waals surface area contributed by atoms with Gasteiger partial charge in [0.05, 0.1) is 23.0 Å². The lowest BCUT2D eigenvalue weighted by atomic mass is 9.99. The maximum Gasteiger partial charge on any atom is 0.254 e. The van der Waals surface area contributed by atoms with Crippen LogP contribution in [0.25, 0.3) is 11.3 Å². The standard InChI is InChI=1S/C19H18BrN3O/c1-13-16(18(24)23-19(12-21)9-2-3-10-19)7-8-17(22-13)14-5-4-6-15(20)11-14/h4-8,11H,2-3,9-10H2,1H3,(H,23,24). The highest BCUT2D eigenvalue weighted by Gasteiger charge is 2.35. The van der Waals surface area contributed by atoms with E-state index in [0.29, 0.717) is 11.3 Å². The van der Waals surface area contributed by atoms with Gasteiger partial charge in [0.25, 0.3) is 5.91 Å². The highest BCUT2D eigenvalue weighted by atomic mass is 79.9. The van der Waals surface area contributed by atoms with Crippen LogP contribution in [0, 0.1) is 18.3 Å². The van der Waals surface area contributed by atoms with Crippen LogP contribution in [-0.2, 0) is 0 Å². The monoisotopic (exact) mass is 383 g/mol. The Morgan fingerprint density at radius 3 is 2.67 bits per heavy atom. The molecule has 4 nitrogen and oxygen atoms in total. The van der Waals surface area contributed by atoms with Crippen LogP contribution < -0.4 is 5.32 Å². The van der Waals surface area contributed by atoms with E-state index in [2.05, 4.69) is 32.3 Å². The maximum atomic E-state index is 12.6. The summed E-state index contributed by atoms with van der Waals surface area (Å²) in [5.41, 5.74) is 2.28. The minimum atomic E-state index is -0.716. The molecule has 3 rings (SSSR count). The third kappa shape index (κ3) is 3.34. The van der Waals surface area contributed by atoms with Crippen molar-refractivity contribution in [2.45, 2.75) is 38.1 Å². The summed E-state index contributed by atoms with van der Waals surface area (Å²) in [7, 11) is 0. The lowest BCUT2D eigenvalue weighted by Gasteiger charge is -2.22. The second kappa shape index (κ2) is 6.74. The van der Waals surface area contributed by atoms with Crippen molar-refractivity contribution in [1.29, 1.82) is 5.26 Å². The van der Waals surface area contributed by atoms with Gasteiger partial charge in [-0.3, -0.25) is 9.78 Å². The summed E-state index contributed by atoms with van der Waals surface area (Å²) in [6.45, 7) is 1.82. The number of halogens is 1. The Balaban J connectivity index is 1.85. The molecule has 0 saturated heterocycles. The zero-order valence-electron chi connectivity index (χ0n) is 13.5. The Morgan fingerprint density at radius 2 is 2.04 bits per heavy atom. The third-order valence-corrected chi connectivity index (χ3v) is 4.97. The lowest BCUT2D eigenvalue weighted by molar-refractivity contribution is 0.0919. The molecule has 1 amide bonds. The molecule has 0 radical (unpaired) electrons. The molecular weight excluding hydrogens is 366 g/mol. The molecular formula is C19H18BrN3O. The average Bonchev–Trinajstić information content (AvgIpc) is 3.03. The van der Waals surface area contributed by atoms with E-state index in [-0.39, 0.29) is 5.91 Å². The second-order valence-corrected chi connectivity index (χ2v) is 7.11. The minimum absolute atomic E-state index is 0.218. The summed E-state index contributed by atoms with van der Waals surface area (Å²) in [6, 6.07) is 13.8. The number of nitrogens with one attached hydrogen (secondary N) is 1. The van der Waals surface area contributed by atoms with Crippen molar-refractivity contribution in [1.82, 2.24) is 10.3 Å². The number of carbonyl (C=O) groups excluding carboxylic acids is 1. The number of benzene rings is 1. The summed E-state index contributed by atoms with van der Waals surface area (Å²) in [5, 5.41) is 12.3. The number of carbonyl (C=O) groups is 1. The zero-order chi connectivity index (χ0) is 17.2. The molecule has 1 N–H and O–H groups in total. The molecule has 1 saturated carbocycles. The van der Waals surface area contributed by atoms with Crippen molar-refractivity contribution in [3.8, 4) is 17.3 Å². The SMILES string of the molecule is Cc1nc(-c2cccc(Br)c2)ccc1C(=O)NC1(C#N)CCCC1. The first kappa shape index (κ1) is 16.7. The van der Waals surface area contributed by atoms with Crippen LogP contribution in [0.4, 0.5) is 0 Å². The number of nitriles is 1. The second-order valence-electron chi connectivity index (χ2n) is 6.19. The molecule has 24 heavy (non-hydrogen) atoms. The van der Waals surface area contributed by atoms with Gasteiger partial charge in [-0.25, -0.2) is 0 Å². The number of nitrogens with zero attached hydrogens (tertiary/aromatic N) is 2. The Bertz CT molecular complexity index is 820. The molecule has 0 atom stereocenters. The van der Waals surface area contributed by atoms with Gasteiger partial charge >= 0.3 is 0 Å². The first-order valence-corrected chi connectivity index (χ1v) is 8.80. The summed E-state index contributed by atoms with van der Waals surface area (Å²) in [4.78, 5) is 17.1. The first-order chi connectivity index (χ1) is 11.5. The number of hydrogen-bond donors (Lipinski definition) is 1. The molecule has 1 aromatic heterocycles. The van der Waals surface area contributed by atoms with Crippen molar-refractivity contribution < 1.29 is 4.79 Å². The molecule has 1 aliphatic rings. The number of rotatable bonds is 3. The molecule has 1 fully saturated rings. The molecule has 1 aromatic carbocycles. The molecule has 0 aliphatic heterocycles. The van der Waals surface area contributed by atoms with Crippen molar-refractivity contribution in [3.05, 3.63) is 52.1 Å². The van der Waals surface area contributed by atoms with Crippen molar-refractivity contribution in [2.75, 3.05) is 0 Å². The lowest BCUT2D eigenvalue weighted by Crippen LogP contribution is -2.45. The number of aryl methyl sites for hydroxylation is 1. The van der Waals surface area contributed by atoms with E-state index in [1.54, 1.807) is 6.07 Å². The van der Waals surface area contributed by atoms with Crippen molar-refractivity contribution in [2.24, 2.45) is 0 Å². The van der Waals surface area contributed by atoms with E-state index in [0.717, 1.165) is 41.4 Å². The predicted octanol–water partition coefficient (Wildman–Crippen LogP) is 4.39. The van der Waals surface area contributed by atoms with E-state index in [1.165, 1.54) is 0 Å². The summed E-state index contributed by atoms with van der Waals surface area (Å²) in [5.74, 6) is -0.218. The Hall–Kier alpha value is -2.19. The quantitative estimate of drug-likeness (QED) is 0.854. The molecule has 1 aliphatic carbocycles. The Labute approximate surface area is 150 Å². The first-order valence-electron chi connectivity index (χ1n) is 8.00. The van der Waals surface area contributed by atoms with Gasteiger partial charge < -0.3 is 5.32 Å². The van der Waals surface area contributed by atoms with Gasteiger partial charge in [0.2, 0.25) is 0 Å². The van der Waals surface area contributed by atoms with Crippen LogP contribution in [0.2, 0.25) is 0 Å². The fourth-order valence-electron chi connectivity index (χ4n) is 3.14. The maximum absolute atomic E-state index is 12.6. The molecule has 5 heteroatoms. The van der Waals surface area contributed by atoms with Crippen LogP contribution in [-0.4, -0.2) is 16.4 Å². The van der Waals surface area contributed by atoms with Crippen LogP contribution in [0.5, 0.6) is 0 Å². The third-order valence-electron chi connectivity index (χ3n) is 4.47. The van der Waals surface area contributed by atoms with E-state index < -0.39 is 5.54 Å². The number of aromatic nitrogens is 1. The summed E-state index contributed by atoms with van der Waals surface area (Å²) < 4.78 is 0.985. The topological polar surface area (TPSA) is 65.8 Å². The Morgan fingerprint density at radius 1 is 1.29 bits per heavy atom. The summed E-state index contributed by atoms with van der Waals surface area (Å²) >= 11 is 3.46. The van der Waals surface area contributed by atoms with Crippen LogP contribution in [0.1, 0.15) is 41.7 Å². The smallest absolute Gasteiger partial charge is 0.254 e. The van der Waals surface area contributed by atoms with Crippen molar-refractivity contribution >= 4 is 21.8 Å². The van der Waals surface area contributed by atoms with Gasteiger partial charge in [-0.15, -0.1) is 0 Å². The molecule has 0 spiro atoms. The molecule has 0 unspecified atom stereocenters. The predicted molar refractivity (Wildman–Crippen MR) is 96.4 cm³/mol. The fourth-order valence-corrected chi connectivity index (χ4v) is 3.54. The highest BCUT2D eigenvalue weighted by Crippen LogP contribution is 2.29. The van der Waals surface area contributed by atoms with Gasteiger partial charge in [0.1, 0.15) is 5.54 Å². The molecule has 122 valence electrons. The van der Waals surface area contributed by atoms with E-state index in [1.807, 2.05) is 37.3 Å². The van der Waals surface area contributed by atoms with E-state index >= 15 is 0 Å². The van der Waals surface area contributed by atoms with Crippen LogP contribution in [0.3, 0.4) is 0 Å². The Kier molecular flexibility index (Phi) is 4.68. The fraction of sp³-hybridized carbons (Fsp3) is 0.316. The highest BCUT2D eigenvalue weighted by molar-refractivity contribution is 9.10. The van der Waals surface area contributed by atoms with Gasteiger partial charge in [0.15, 0.2) is 0 Å². The molecule has 2 aromatic rings. The van der Waals surface area contributed by atoms with E-state index in [9.17, 15) is 10.1 Å². The number of pyridine rings is 1. The number of hydrogen-bond acceptors (Lipinski definition) is 3. The van der Waals surface area contributed by atoms with Crippen LogP contribution >= 0.6 is 15.9 Å². The van der Waals surface area contributed by atoms with Crippen LogP contribution in [0.15, 0.2) is 40.9 Å². The van der Waals surface area contributed by atoms with Gasteiger partial charge in [-0.2, -0.15) is 5.26 Å². The van der Waals surface area contributed by atoms with Gasteiger partial charge in [-0.05, 0) is 56.9 Å². The molecule has 0 bridgehead atoms. The minimum Gasteiger partial charge on any atom is -0.334 e. The zero-order valence-corrected chi connectivity index (χ0v) is 15.1. The normalized spacial score (nSPS) is 15.7. The van der Waals surface area contributed by atoms with Crippen molar-refractivity contribution in [3.63, 3.8) is 0 Å². The van der Waals surface area contributed by atoms with Gasteiger partial charge in [0, 0.05) is 10.0 Å². The summed E-state index contributed by atoms with van der Waals surface area (Å²) in [6.07, 6.45) is 3.40. The largest absolute Gasteiger partial charge is 0.334 e. The van der Waals surface area contributed by atoms with E-state index in [4.69, 9.17) is 0 Å². The molecule has 1 heterocycles. The average molecular weight is 384 g/mol.